The average molecular weight is 306 g/mol. The van der Waals surface area contributed by atoms with Crippen LogP contribution in [0, 0.1) is 0 Å². The molecule has 0 aliphatic carbocycles. The van der Waals surface area contributed by atoms with E-state index in [0.29, 0.717) is 12.1 Å². The minimum Gasteiger partial charge on any atom is -0.497 e. The highest BCUT2D eigenvalue weighted by atomic mass is 79.9. The van der Waals surface area contributed by atoms with E-state index in [-0.39, 0.29) is 5.78 Å². The van der Waals surface area contributed by atoms with Gasteiger partial charge in [-0.25, -0.2) is 0 Å². The number of ketones is 1. The molecule has 4 heteroatoms. The molecule has 0 atom stereocenters. The molecule has 1 heterocycles. The molecular weight excluding hydrogens is 294 g/mol. The molecule has 3 nitrogen and oxygen atoms in total. The number of Topliss-reactive ketones (excluding diaryl/α,β-unsaturated/α-hetero) is 1. The van der Waals surface area contributed by atoms with Gasteiger partial charge in [0.15, 0.2) is 5.78 Å². The Balaban J connectivity index is 2.13. The van der Waals surface area contributed by atoms with Crippen molar-refractivity contribution in [3.8, 4) is 5.75 Å². The normalized spacial score (nSPS) is 10.1. The van der Waals surface area contributed by atoms with E-state index in [1.54, 1.807) is 19.4 Å². The minimum atomic E-state index is -0.00393. The number of benzene rings is 1. The maximum absolute atomic E-state index is 12.0. The number of rotatable bonds is 4. The highest BCUT2D eigenvalue weighted by molar-refractivity contribution is 9.10. The summed E-state index contributed by atoms with van der Waals surface area (Å²) < 4.78 is 5.99. The molecule has 0 N–H and O–H groups in total. The molecule has 2 aromatic rings. The van der Waals surface area contributed by atoms with E-state index in [2.05, 4.69) is 20.9 Å². The summed E-state index contributed by atoms with van der Waals surface area (Å²) in [7, 11) is 1.61. The lowest BCUT2D eigenvalue weighted by Crippen LogP contribution is -2.05. The summed E-state index contributed by atoms with van der Waals surface area (Å²) in [6, 6.07) is 11.0. The van der Waals surface area contributed by atoms with Crippen molar-refractivity contribution in [1.29, 1.82) is 0 Å². The number of hydrogen-bond donors (Lipinski definition) is 0. The monoisotopic (exact) mass is 305 g/mol. The van der Waals surface area contributed by atoms with Gasteiger partial charge in [0.05, 0.1) is 7.11 Å². The van der Waals surface area contributed by atoms with Crippen LogP contribution in [0.5, 0.6) is 5.75 Å². The average Bonchev–Trinajstić information content (AvgIpc) is 2.39. The van der Waals surface area contributed by atoms with Gasteiger partial charge in [0.1, 0.15) is 11.4 Å². The van der Waals surface area contributed by atoms with E-state index in [9.17, 15) is 4.79 Å². The van der Waals surface area contributed by atoms with Crippen molar-refractivity contribution in [2.24, 2.45) is 0 Å². The molecule has 0 aliphatic heterocycles. The molecule has 18 heavy (non-hydrogen) atoms. The molecule has 0 aliphatic rings. The van der Waals surface area contributed by atoms with E-state index >= 15 is 0 Å². The van der Waals surface area contributed by atoms with Crippen LogP contribution in [0.1, 0.15) is 16.1 Å². The van der Waals surface area contributed by atoms with Crippen LogP contribution in [-0.2, 0) is 6.42 Å². The SMILES string of the molecule is COc1cccc(CC(=O)c2ccc(Br)cn2)c1. The molecule has 1 aromatic heterocycles. The molecule has 0 saturated heterocycles. The largest absolute Gasteiger partial charge is 0.497 e. The van der Waals surface area contributed by atoms with Crippen molar-refractivity contribution in [2.45, 2.75) is 6.42 Å². The van der Waals surface area contributed by atoms with Crippen LogP contribution in [-0.4, -0.2) is 17.9 Å². The van der Waals surface area contributed by atoms with Crippen molar-refractivity contribution in [3.05, 3.63) is 58.3 Å². The first-order valence-corrected chi connectivity index (χ1v) is 6.26. The van der Waals surface area contributed by atoms with Crippen LogP contribution in [0.15, 0.2) is 47.1 Å². The van der Waals surface area contributed by atoms with E-state index in [1.165, 1.54) is 0 Å². The number of nitrogens with zero attached hydrogens (tertiary/aromatic N) is 1. The highest BCUT2D eigenvalue weighted by Gasteiger charge is 2.08. The Bertz CT molecular complexity index is 552. The number of hydrogen-bond acceptors (Lipinski definition) is 3. The molecule has 0 fully saturated rings. The fourth-order valence-corrected chi connectivity index (χ4v) is 1.83. The molecule has 0 unspecified atom stereocenters. The fraction of sp³-hybridized carbons (Fsp3) is 0.143. The number of aromatic nitrogens is 1. The van der Waals surface area contributed by atoms with Crippen molar-refractivity contribution < 1.29 is 9.53 Å². The topological polar surface area (TPSA) is 39.2 Å². The number of ether oxygens (including phenoxy) is 1. The lowest BCUT2D eigenvalue weighted by atomic mass is 10.1. The van der Waals surface area contributed by atoms with Gasteiger partial charge >= 0.3 is 0 Å². The molecule has 0 amide bonds. The van der Waals surface area contributed by atoms with Crippen LogP contribution in [0.3, 0.4) is 0 Å². The summed E-state index contributed by atoms with van der Waals surface area (Å²) in [6.45, 7) is 0. The summed E-state index contributed by atoms with van der Waals surface area (Å²) >= 11 is 3.29. The van der Waals surface area contributed by atoms with Crippen LogP contribution < -0.4 is 4.74 Å². The molecule has 1 aromatic carbocycles. The number of methoxy groups -OCH3 is 1. The molecule has 0 bridgehead atoms. The number of pyridine rings is 1. The Hall–Kier alpha value is -1.68. The van der Waals surface area contributed by atoms with Crippen LogP contribution in [0.25, 0.3) is 0 Å². The molecule has 0 radical (unpaired) electrons. The Kier molecular flexibility index (Phi) is 4.10. The Labute approximate surface area is 114 Å². The molecule has 2 rings (SSSR count). The molecule has 92 valence electrons. The van der Waals surface area contributed by atoms with E-state index in [1.807, 2.05) is 30.3 Å². The lowest BCUT2D eigenvalue weighted by Gasteiger charge is -2.04. The van der Waals surface area contributed by atoms with Crippen molar-refractivity contribution in [1.82, 2.24) is 4.98 Å². The fourth-order valence-electron chi connectivity index (χ4n) is 1.60. The smallest absolute Gasteiger partial charge is 0.185 e. The van der Waals surface area contributed by atoms with E-state index in [4.69, 9.17) is 4.74 Å². The maximum atomic E-state index is 12.0. The number of carbonyl (C=O) groups excluding carboxylic acids is 1. The van der Waals surface area contributed by atoms with Gasteiger partial charge in [-0.15, -0.1) is 0 Å². The molecule has 0 spiro atoms. The van der Waals surface area contributed by atoms with Crippen molar-refractivity contribution >= 4 is 21.7 Å². The lowest BCUT2D eigenvalue weighted by molar-refractivity contribution is 0.0988. The summed E-state index contributed by atoms with van der Waals surface area (Å²) in [5, 5.41) is 0. The quantitative estimate of drug-likeness (QED) is 0.814. The van der Waals surface area contributed by atoms with Gasteiger partial charge < -0.3 is 4.74 Å². The van der Waals surface area contributed by atoms with Gasteiger partial charge in [0.2, 0.25) is 0 Å². The van der Waals surface area contributed by atoms with Gasteiger partial charge in [0, 0.05) is 17.1 Å². The van der Waals surface area contributed by atoms with Crippen molar-refractivity contribution in [3.63, 3.8) is 0 Å². The third kappa shape index (κ3) is 3.17. The second-order valence-corrected chi connectivity index (χ2v) is 4.73. The van der Waals surface area contributed by atoms with Crippen LogP contribution in [0.2, 0.25) is 0 Å². The van der Waals surface area contributed by atoms with Crippen molar-refractivity contribution in [2.75, 3.05) is 7.11 Å². The van der Waals surface area contributed by atoms with Crippen LogP contribution in [0.4, 0.5) is 0 Å². The van der Waals surface area contributed by atoms with E-state index < -0.39 is 0 Å². The summed E-state index contributed by atoms with van der Waals surface area (Å²) in [4.78, 5) is 16.1. The molecular formula is C14H12BrNO2. The third-order valence-corrected chi connectivity index (χ3v) is 2.98. The zero-order valence-corrected chi connectivity index (χ0v) is 11.5. The van der Waals surface area contributed by atoms with Crippen LogP contribution >= 0.6 is 15.9 Å². The van der Waals surface area contributed by atoms with Gasteiger partial charge in [-0.1, -0.05) is 12.1 Å². The maximum Gasteiger partial charge on any atom is 0.185 e. The van der Waals surface area contributed by atoms with Gasteiger partial charge in [0.25, 0.3) is 0 Å². The zero-order chi connectivity index (χ0) is 13.0. The summed E-state index contributed by atoms with van der Waals surface area (Å²) in [5.41, 5.74) is 1.39. The standard InChI is InChI=1S/C14H12BrNO2/c1-18-12-4-2-3-10(7-12)8-14(17)13-6-5-11(15)9-16-13/h2-7,9H,8H2,1H3. The first-order valence-electron chi connectivity index (χ1n) is 5.47. The van der Waals surface area contributed by atoms with Gasteiger partial charge in [-0.05, 0) is 45.8 Å². The highest BCUT2D eigenvalue weighted by Crippen LogP contribution is 2.15. The number of carbonyl (C=O) groups is 1. The van der Waals surface area contributed by atoms with E-state index in [0.717, 1.165) is 15.8 Å². The first kappa shape index (κ1) is 12.8. The first-order chi connectivity index (χ1) is 8.69. The Morgan fingerprint density at radius 3 is 2.83 bits per heavy atom. The zero-order valence-electron chi connectivity index (χ0n) is 9.89. The third-order valence-electron chi connectivity index (χ3n) is 2.51. The Morgan fingerprint density at radius 2 is 2.17 bits per heavy atom. The minimum absolute atomic E-state index is 0.00393. The second kappa shape index (κ2) is 5.78. The number of halogens is 1. The predicted molar refractivity (Wildman–Crippen MR) is 73.0 cm³/mol. The second-order valence-electron chi connectivity index (χ2n) is 3.81. The summed E-state index contributed by atoms with van der Waals surface area (Å²) in [5.74, 6) is 0.750. The predicted octanol–water partition coefficient (Wildman–Crippen LogP) is 3.28. The van der Waals surface area contributed by atoms with Gasteiger partial charge in [-0.3, -0.25) is 9.78 Å². The Morgan fingerprint density at radius 1 is 1.33 bits per heavy atom. The summed E-state index contributed by atoms with van der Waals surface area (Å²) in [6.07, 6.45) is 1.95. The van der Waals surface area contributed by atoms with Gasteiger partial charge in [-0.2, -0.15) is 0 Å². The molecule has 0 saturated carbocycles.